The monoisotopic (exact) mass is 227 g/mol. The van der Waals surface area contributed by atoms with E-state index in [2.05, 4.69) is 4.98 Å². The van der Waals surface area contributed by atoms with Gasteiger partial charge in [0, 0.05) is 12.4 Å². The molecule has 0 amide bonds. The van der Waals surface area contributed by atoms with Crippen LogP contribution in [0.1, 0.15) is 21.5 Å². The zero-order chi connectivity index (χ0) is 12.3. The van der Waals surface area contributed by atoms with Gasteiger partial charge in [-0.05, 0) is 49.2 Å². The van der Waals surface area contributed by atoms with Crippen molar-refractivity contribution in [3.05, 3.63) is 59.4 Å². The van der Waals surface area contributed by atoms with Crippen molar-refractivity contribution in [2.75, 3.05) is 0 Å². The van der Waals surface area contributed by atoms with Gasteiger partial charge in [-0.15, -0.1) is 0 Å². The first-order valence-electron chi connectivity index (χ1n) is 5.36. The SMILES string of the molecule is Cc1ccc(C(=O)Oc2ccncc2)cc1C. The Bertz CT molecular complexity index is 535. The van der Waals surface area contributed by atoms with Crippen molar-refractivity contribution in [1.29, 1.82) is 0 Å². The Hall–Kier alpha value is -2.16. The molecule has 2 rings (SSSR count). The van der Waals surface area contributed by atoms with Crippen LogP contribution in [-0.4, -0.2) is 11.0 Å². The lowest BCUT2D eigenvalue weighted by atomic mass is 10.1. The Morgan fingerprint density at radius 2 is 1.76 bits per heavy atom. The predicted molar refractivity (Wildman–Crippen MR) is 65.1 cm³/mol. The number of hydrogen-bond donors (Lipinski definition) is 0. The van der Waals surface area contributed by atoms with Crippen LogP contribution in [0.2, 0.25) is 0 Å². The summed E-state index contributed by atoms with van der Waals surface area (Å²) < 4.78 is 5.22. The number of ether oxygens (including phenoxy) is 1. The van der Waals surface area contributed by atoms with E-state index in [4.69, 9.17) is 4.74 Å². The van der Waals surface area contributed by atoms with Crippen LogP contribution < -0.4 is 4.74 Å². The number of hydrogen-bond acceptors (Lipinski definition) is 3. The van der Waals surface area contributed by atoms with E-state index in [9.17, 15) is 4.79 Å². The molecule has 1 heterocycles. The Labute approximate surface area is 100 Å². The second-order valence-electron chi connectivity index (χ2n) is 3.87. The minimum atomic E-state index is -0.348. The summed E-state index contributed by atoms with van der Waals surface area (Å²) in [6, 6.07) is 8.82. The van der Waals surface area contributed by atoms with Gasteiger partial charge in [-0.3, -0.25) is 4.98 Å². The topological polar surface area (TPSA) is 39.2 Å². The van der Waals surface area contributed by atoms with Gasteiger partial charge >= 0.3 is 5.97 Å². The molecule has 0 spiro atoms. The van der Waals surface area contributed by atoms with E-state index in [1.165, 1.54) is 0 Å². The molecule has 0 N–H and O–H groups in total. The van der Waals surface area contributed by atoms with Gasteiger partial charge in [-0.25, -0.2) is 4.79 Å². The van der Waals surface area contributed by atoms with Crippen molar-refractivity contribution >= 4 is 5.97 Å². The van der Waals surface area contributed by atoms with E-state index in [1.807, 2.05) is 26.0 Å². The minimum absolute atomic E-state index is 0.348. The molecule has 86 valence electrons. The third-order valence-corrected chi connectivity index (χ3v) is 2.60. The maximum Gasteiger partial charge on any atom is 0.343 e. The third-order valence-electron chi connectivity index (χ3n) is 2.60. The zero-order valence-electron chi connectivity index (χ0n) is 9.81. The smallest absolute Gasteiger partial charge is 0.343 e. The van der Waals surface area contributed by atoms with E-state index in [0.717, 1.165) is 11.1 Å². The van der Waals surface area contributed by atoms with Crippen LogP contribution in [0, 0.1) is 13.8 Å². The molecular weight excluding hydrogens is 214 g/mol. The summed E-state index contributed by atoms with van der Waals surface area (Å²) in [5.41, 5.74) is 2.80. The summed E-state index contributed by atoms with van der Waals surface area (Å²) in [7, 11) is 0. The Morgan fingerprint density at radius 3 is 2.41 bits per heavy atom. The van der Waals surface area contributed by atoms with Crippen molar-refractivity contribution < 1.29 is 9.53 Å². The van der Waals surface area contributed by atoms with Crippen molar-refractivity contribution in [2.24, 2.45) is 0 Å². The number of aryl methyl sites for hydroxylation is 2. The quantitative estimate of drug-likeness (QED) is 0.740. The van der Waals surface area contributed by atoms with Crippen molar-refractivity contribution in [1.82, 2.24) is 4.98 Å². The van der Waals surface area contributed by atoms with Crippen LogP contribution in [0.3, 0.4) is 0 Å². The van der Waals surface area contributed by atoms with E-state index in [1.54, 1.807) is 30.6 Å². The maximum atomic E-state index is 11.8. The molecule has 0 aliphatic heterocycles. The molecular formula is C14H13NO2. The Balaban J connectivity index is 2.18. The first kappa shape index (κ1) is 11.3. The predicted octanol–water partition coefficient (Wildman–Crippen LogP) is 2.92. The molecule has 0 unspecified atom stereocenters. The summed E-state index contributed by atoms with van der Waals surface area (Å²) >= 11 is 0. The fourth-order valence-corrected chi connectivity index (χ4v) is 1.44. The maximum absolute atomic E-state index is 11.8. The van der Waals surface area contributed by atoms with Crippen molar-refractivity contribution in [2.45, 2.75) is 13.8 Å². The molecule has 0 aliphatic rings. The molecule has 2 aromatic rings. The van der Waals surface area contributed by atoms with Crippen LogP contribution in [0.5, 0.6) is 5.75 Å². The average Bonchev–Trinajstić information content (AvgIpc) is 2.34. The third kappa shape index (κ3) is 2.69. The Morgan fingerprint density at radius 1 is 1.06 bits per heavy atom. The Kier molecular flexibility index (Phi) is 3.19. The molecule has 0 radical (unpaired) electrons. The standard InChI is InChI=1S/C14H13NO2/c1-10-3-4-12(9-11(10)2)14(16)17-13-5-7-15-8-6-13/h3-9H,1-2H3. The molecule has 0 saturated heterocycles. The van der Waals surface area contributed by atoms with E-state index >= 15 is 0 Å². The van der Waals surface area contributed by atoms with Crippen LogP contribution in [0.15, 0.2) is 42.7 Å². The molecule has 0 saturated carbocycles. The number of carbonyl (C=O) groups is 1. The van der Waals surface area contributed by atoms with Crippen molar-refractivity contribution in [3.63, 3.8) is 0 Å². The summed E-state index contributed by atoms with van der Waals surface area (Å²) in [5, 5.41) is 0. The second kappa shape index (κ2) is 4.78. The van der Waals surface area contributed by atoms with Crippen LogP contribution in [-0.2, 0) is 0 Å². The fourth-order valence-electron chi connectivity index (χ4n) is 1.44. The van der Waals surface area contributed by atoms with Gasteiger partial charge in [0.1, 0.15) is 5.75 Å². The molecule has 0 atom stereocenters. The number of aromatic nitrogens is 1. The molecule has 0 aliphatic carbocycles. The molecule has 3 heteroatoms. The lowest BCUT2D eigenvalue weighted by Crippen LogP contribution is -2.08. The number of rotatable bonds is 2. The van der Waals surface area contributed by atoms with Gasteiger partial charge in [-0.2, -0.15) is 0 Å². The molecule has 1 aromatic carbocycles. The van der Waals surface area contributed by atoms with E-state index in [0.29, 0.717) is 11.3 Å². The van der Waals surface area contributed by atoms with Gasteiger partial charge in [0.25, 0.3) is 0 Å². The summed E-state index contributed by atoms with van der Waals surface area (Å²) in [5.74, 6) is 0.155. The normalized spacial score (nSPS) is 10.0. The highest BCUT2D eigenvalue weighted by Gasteiger charge is 2.08. The van der Waals surface area contributed by atoms with Gasteiger partial charge in [-0.1, -0.05) is 6.07 Å². The number of esters is 1. The summed E-state index contributed by atoms with van der Waals surface area (Å²) in [4.78, 5) is 15.7. The van der Waals surface area contributed by atoms with Gasteiger partial charge in [0.15, 0.2) is 0 Å². The number of carbonyl (C=O) groups excluding carboxylic acids is 1. The summed E-state index contributed by atoms with van der Waals surface area (Å²) in [6.45, 7) is 3.98. The first-order valence-corrected chi connectivity index (χ1v) is 5.36. The highest BCUT2D eigenvalue weighted by molar-refractivity contribution is 5.91. The second-order valence-corrected chi connectivity index (χ2v) is 3.87. The van der Waals surface area contributed by atoms with E-state index < -0.39 is 0 Å². The van der Waals surface area contributed by atoms with Gasteiger partial charge in [0.2, 0.25) is 0 Å². The molecule has 0 bridgehead atoms. The molecule has 17 heavy (non-hydrogen) atoms. The minimum Gasteiger partial charge on any atom is -0.423 e. The van der Waals surface area contributed by atoms with Gasteiger partial charge < -0.3 is 4.74 Å². The molecule has 1 aromatic heterocycles. The zero-order valence-corrected chi connectivity index (χ0v) is 9.81. The van der Waals surface area contributed by atoms with Crippen LogP contribution >= 0.6 is 0 Å². The van der Waals surface area contributed by atoms with E-state index in [-0.39, 0.29) is 5.97 Å². The number of pyridine rings is 1. The average molecular weight is 227 g/mol. The fraction of sp³-hybridized carbons (Fsp3) is 0.143. The van der Waals surface area contributed by atoms with Crippen molar-refractivity contribution in [3.8, 4) is 5.75 Å². The number of benzene rings is 1. The molecule has 0 fully saturated rings. The van der Waals surface area contributed by atoms with Crippen LogP contribution in [0.25, 0.3) is 0 Å². The molecule has 3 nitrogen and oxygen atoms in total. The largest absolute Gasteiger partial charge is 0.423 e. The lowest BCUT2D eigenvalue weighted by Gasteiger charge is -2.05. The lowest BCUT2D eigenvalue weighted by molar-refractivity contribution is 0.0734. The highest BCUT2D eigenvalue weighted by atomic mass is 16.5. The first-order chi connectivity index (χ1) is 8.16. The summed E-state index contributed by atoms with van der Waals surface area (Å²) in [6.07, 6.45) is 3.17. The van der Waals surface area contributed by atoms with Gasteiger partial charge in [0.05, 0.1) is 5.56 Å². The number of nitrogens with zero attached hydrogens (tertiary/aromatic N) is 1. The highest BCUT2D eigenvalue weighted by Crippen LogP contribution is 2.13. The van der Waals surface area contributed by atoms with Crippen LogP contribution in [0.4, 0.5) is 0 Å².